The van der Waals surface area contributed by atoms with Crippen LogP contribution in [-0.4, -0.2) is 22.2 Å². The van der Waals surface area contributed by atoms with E-state index < -0.39 is 0 Å². The normalized spacial score (nSPS) is 18.0. The summed E-state index contributed by atoms with van der Waals surface area (Å²) < 4.78 is 7.89. The van der Waals surface area contributed by atoms with Crippen LogP contribution in [0.1, 0.15) is 24.1 Å². The van der Waals surface area contributed by atoms with Gasteiger partial charge in [0, 0.05) is 12.6 Å². The number of nitrogens with zero attached hydrogens (tertiary/aromatic N) is 2. The monoisotopic (exact) mass is 283 g/mol. The van der Waals surface area contributed by atoms with Gasteiger partial charge in [-0.25, -0.2) is 4.98 Å². The summed E-state index contributed by atoms with van der Waals surface area (Å²) in [6.45, 7) is 2.14. The Labute approximate surface area is 125 Å². The van der Waals surface area contributed by atoms with Crippen LogP contribution in [0.25, 0.3) is 5.57 Å². The lowest BCUT2D eigenvalue weighted by Gasteiger charge is -2.10. The van der Waals surface area contributed by atoms with Crippen LogP contribution in [0.15, 0.2) is 48.9 Å². The van der Waals surface area contributed by atoms with Gasteiger partial charge in [0.2, 0.25) is 0 Å². The van der Waals surface area contributed by atoms with Crippen LogP contribution in [0.5, 0.6) is 0 Å². The van der Waals surface area contributed by atoms with Crippen molar-refractivity contribution >= 4 is 5.57 Å². The molecule has 1 aliphatic rings. The molecule has 2 aromatic rings. The van der Waals surface area contributed by atoms with Crippen molar-refractivity contribution in [1.29, 1.82) is 0 Å². The predicted molar refractivity (Wildman–Crippen MR) is 83.5 cm³/mol. The smallest absolute Gasteiger partial charge is 0.0951 e. The molecule has 110 valence electrons. The predicted octanol–water partition coefficient (Wildman–Crippen LogP) is 2.60. The number of benzene rings is 1. The van der Waals surface area contributed by atoms with Gasteiger partial charge in [-0.1, -0.05) is 36.4 Å². The van der Waals surface area contributed by atoms with Crippen molar-refractivity contribution in [1.82, 2.24) is 9.55 Å². The fraction of sp³-hybridized carbons (Fsp3) is 0.353. The average Bonchev–Trinajstić information content (AvgIpc) is 3.13. The molecule has 1 aliphatic carbocycles. The van der Waals surface area contributed by atoms with E-state index in [2.05, 4.69) is 27.8 Å². The number of hydrogen-bond donors (Lipinski definition) is 1. The summed E-state index contributed by atoms with van der Waals surface area (Å²) in [5, 5.41) is 0. The van der Waals surface area contributed by atoms with E-state index in [1.54, 1.807) is 0 Å². The van der Waals surface area contributed by atoms with Crippen molar-refractivity contribution in [2.45, 2.75) is 32.0 Å². The first kappa shape index (κ1) is 14.0. The lowest BCUT2D eigenvalue weighted by atomic mass is 10.1. The minimum absolute atomic E-state index is 0.262. The highest BCUT2D eigenvalue weighted by Gasteiger charge is 2.17. The van der Waals surface area contributed by atoms with Gasteiger partial charge in [-0.05, 0) is 24.0 Å². The molecule has 0 aliphatic heterocycles. The molecule has 1 atom stereocenters. The third-order valence-corrected chi connectivity index (χ3v) is 3.78. The maximum Gasteiger partial charge on any atom is 0.0951 e. The van der Waals surface area contributed by atoms with Gasteiger partial charge in [-0.15, -0.1) is 0 Å². The molecule has 0 fully saturated rings. The van der Waals surface area contributed by atoms with Gasteiger partial charge in [0.05, 0.1) is 31.4 Å². The zero-order valence-electron chi connectivity index (χ0n) is 12.1. The standard InChI is InChI=1S/C17H21N3O/c18-16-7-6-15(10-16)17-11-19-13-20(17)8-9-21-12-14-4-2-1-3-5-14/h1-6,11,13,16H,7-10,12,18H2. The highest BCUT2D eigenvalue weighted by molar-refractivity contribution is 5.65. The Balaban J connectivity index is 1.51. The van der Waals surface area contributed by atoms with Gasteiger partial charge in [0.1, 0.15) is 0 Å². The van der Waals surface area contributed by atoms with E-state index in [0.717, 1.165) is 19.4 Å². The minimum atomic E-state index is 0.262. The first-order chi connectivity index (χ1) is 10.3. The molecule has 21 heavy (non-hydrogen) atoms. The highest BCUT2D eigenvalue weighted by Crippen LogP contribution is 2.26. The first-order valence-corrected chi connectivity index (χ1v) is 7.40. The molecule has 2 N–H and O–H groups in total. The van der Waals surface area contributed by atoms with Crippen LogP contribution in [0.4, 0.5) is 0 Å². The van der Waals surface area contributed by atoms with E-state index in [4.69, 9.17) is 10.5 Å². The van der Waals surface area contributed by atoms with E-state index >= 15 is 0 Å². The number of imidazole rings is 1. The second kappa shape index (κ2) is 6.70. The molecule has 1 aromatic carbocycles. The van der Waals surface area contributed by atoms with Gasteiger partial charge >= 0.3 is 0 Å². The van der Waals surface area contributed by atoms with Gasteiger partial charge in [0.15, 0.2) is 0 Å². The molecular weight excluding hydrogens is 262 g/mol. The van der Waals surface area contributed by atoms with E-state index in [9.17, 15) is 0 Å². The van der Waals surface area contributed by atoms with E-state index in [-0.39, 0.29) is 6.04 Å². The third kappa shape index (κ3) is 3.60. The number of hydrogen-bond acceptors (Lipinski definition) is 3. The molecule has 4 heteroatoms. The molecule has 0 spiro atoms. The van der Waals surface area contributed by atoms with E-state index in [1.165, 1.54) is 16.8 Å². The summed E-state index contributed by atoms with van der Waals surface area (Å²) in [5.74, 6) is 0. The molecule has 1 heterocycles. The molecule has 0 amide bonds. The van der Waals surface area contributed by atoms with E-state index in [1.807, 2.05) is 30.7 Å². The van der Waals surface area contributed by atoms with Crippen LogP contribution < -0.4 is 5.73 Å². The summed E-state index contributed by atoms with van der Waals surface area (Å²) in [4.78, 5) is 4.25. The third-order valence-electron chi connectivity index (χ3n) is 3.78. The van der Waals surface area contributed by atoms with Gasteiger partial charge < -0.3 is 15.0 Å². The molecule has 4 nitrogen and oxygen atoms in total. The summed E-state index contributed by atoms with van der Waals surface area (Å²) in [5.41, 5.74) is 9.64. The number of ether oxygens (including phenoxy) is 1. The number of aromatic nitrogens is 2. The SMILES string of the molecule is NC1CC=C(c2cncn2CCOCc2ccccc2)C1. The van der Waals surface area contributed by atoms with Crippen LogP contribution in [-0.2, 0) is 17.9 Å². The number of rotatable bonds is 6. The molecule has 0 saturated heterocycles. The molecule has 1 aromatic heterocycles. The lowest BCUT2D eigenvalue weighted by Crippen LogP contribution is -2.15. The molecule has 1 unspecified atom stereocenters. The Morgan fingerprint density at radius 3 is 2.90 bits per heavy atom. The van der Waals surface area contributed by atoms with Crippen LogP contribution in [0, 0.1) is 0 Å². The highest BCUT2D eigenvalue weighted by atomic mass is 16.5. The fourth-order valence-corrected chi connectivity index (χ4v) is 2.65. The maximum absolute atomic E-state index is 5.96. The van der Waals surface area contributed by atoms with Crippen LogP contribution in [0.3, 0.4) is 0 Å². The summed E-state index contributed by atoms with van der Waals surface area (Å²) in [6.07, 6.45) is 7.91. The van der Waals surface area contributed by atoms with Gasteiger partial charge in [-0.2, -0.15) is 0 Å². The van der Waals surface area contributed by atoms with Gasteiger partial charge in [-0.3, -0.25) is 0 Å². The van der Waals surface area contributed by atoms with Gasteiger partial charge in [0.25, 0.3) is 0 Å². The largest absolute Gasteiger partial charge is 0.375 e. The Morgan fingerprint density at radius 2 is 2.14 bits per heavy atom. The number of nitrogens with two attached hydrogens (primary N) is 1. The fourth-order valence-electron chi connectivity index (χ4n) is 2.65. The first-order valence-electron chi connectivity index (χ1n) is 7.40. The van der Waals surface area contributed by atoms with Crippen molar-refractivity contribution < 1.29 is 4.74 Å². The van der Waals surface area contributed by atoms with Crippen molar-refractivity contribution in [3.8, 4) is 0 Å². The molecule has 3 rings (SSSR count). The zero-order valence-corrected chi connectivity index (χ0v) is 12.1. The Hall–Kier alpha value is -1.91. The van der Waals surface area contributed by atoms with Crippen LogP contribution >= 0.6 is 0 Å². The maximum atomic E-state index is 5.96. The van der Waals surface area contributed by atoms with Crippen LogP contribution in [0.2, 0.25) is 0 Å². The Morgan fingerprint density at radius 1 is 1.29 bits per heavy atom. The van der Waals surface area contributed by atoms with Crippen molar-refractivity contribution in [2.75, 3.05) is 6.61 Å². The second-order valence-electron chi connectivity index (χ2n) is 5.44. The van der Waals surface area contributed by atoms with Crippen molar-refractivity contribution in [2.24, 2.45) is 5.73 Å². The van der Waals surface area contributed by atoms with Crippen molar-refractivity contribution in [3.05, 3.63) is 60.2 Å². The molecule has 0 saturated carbocycles. The molecule has 0 radical (unpaired) electrons. The van der Waals surface area contributed by atoms with E-state index in [0.29, 0.717) is 13.2 Å². The summed E-state index contributed by atoms with van der Waals surface area (Å²) in [7, 11) is 0. The lowest BCUT2D eigenvalue weighted by molar-refractivity contribution is 0.113. The Kier molecular flexibility index (Phi) is 4.48. The van der Waals surface area contributed by atoms with Crippen molar-refractivity contribution in [3.63, 3.8) is 0 Å². The Bertz CT molecular complexity index is 604. The average molecular weight is 283 g/mol. The summed E-state index contributed by atoms with van der Waals surface area (Å²) in [6, 6.07) is 10.5. The minimum Gasteiger partial charge on any atom is -0.375 e. The topological polar surface area (TPSA) is 53.1 Å². The zero-order chi connectivity index (χ0) is 14.5. The molecular formula is C17H21N3O. The quantitative estimate of drug-likeness (QED) is 0.829. The second-order valence-corrected chi connectivity index (χ2v) is 5.44. The summed E-state index contributed by atoms with van der Waals surface area (Å²) >= 11 is 0. The molecule has 0 bridgehead atoms.